The normalized spacial score (nSPS) is 10.2. The summed E-state index contributed by atoms with van der Waals surface area (Å²) in [4.78, 5) is 26.6. The molecule has 1 aromatic heterocycles. The van der Waals surface area contributed by atoms with E-state index in [0.717, 1.165) is 0 Å². The second-order valence-electron chi connectivity index (χ2n) is 2.96. The smallest absolute Gasteiger partial charge is 0.189 e. The molecule has 0 aliphatic heterocycles. The van der Waals surface area contributed by atoms with E-state index >= 15 is 0 Å². The maximum absolute atomic E-state index is 11.4. The van der Waals surface area contributed by atoms with Crippen molar-refractivity contribution < 1.29 is 14.3 Å². The van der Waals surface area contributed by atoms with E-state index in [-0.39, 0.29) is 18.0 Å². The van der Waals surface area contributed by atoms with E-state index in [1.165, 1.54) is 11.3 Å². The summed E-state index contributed by atoms with van der Waals surface area (Å²) in [6.45, 7) is 2.85. The minimum absolute atomic E-state index is 0.0726. The molecule has 0 amide bonds. The lowest BCUT2D eigenvalue weighted by molar-refractivity contribution is -0.119. The fraction of sp³-hybridized carbons (Fsp3) is 0.500. The molecule has 1 aromatic rings. The van der Waals surface area contributed by atoms with Crippen LogP contribution in [0, 0.1) is 0 Å². The zero-order chi connectivity index (χ0) is 11.1. The maximum atomic E-state index is 11.4. The van der Waals surface area contributed by atoms with Crippen LogP contribution in [0.2, 0.25) is 0 Å². The first kappa shape index (κ1) is 12.0. The zero-order valence-electron chi connectivity index (χ0n) is 8.56. The van der Waals surface area contributed by atoms with Gasteiger partial charge in [-0.1, -0.05) is 0 Å². The molecule has 82 valence electrons. The van der Waals surface area contributed by atoms with Gasteiger partial charge >= 0.3 is 0 Å². The van der Waals surface area contributed by atoms with E-state index in [1.807, 2.05) is 6.92 Å². The Morgan fingerprint density at radius 3 is 2.93 bits per heavy atom. The molecule has 0 N–H and O–H groups in total. The SMILES string of the molecule is CCOCCC(=O)CC(=O)c1cscn1. The number of carbonyl (C=O) groups excluding carboxylic acids is 2. The number of hydrogen-bond donors (Lipinski definition) is 0. The Bertz CT molecular complexity index is 321. The van der Waals surface area contributed by atoms with Crippen LogP contribution >= 0.6 is 11.3 Å². The van der Waals surface area contributed by atoms with Crippen molar-refractivity contribution in [2.24, 2.45) is 0 Å². The van der Waals surface area contributed by atoms with Gasteiger partial charge in [0.25, 0.3) is 0 Å². The monoisotopic (exact) mass is 227 g/mol. The third-order valence-corrected chi connectivity index (χ3v) is 2.39. The standard InChI is InChI=1S/C10H13NO3S/c1-2-14-4-3-8(12)5-10(13)9-6-15-7-11-9/h6-7H,2-5H2,1H3. The number of hydrogen-bond acceptors (Lipinski definition) is 5. The van der Waals surface area contributed by atoms with Crippen molar-refractivity contribution in [2.75, 3.05) is 13.2 Å². The molecule has 0 fully saturated rings. The summed E-state index contributed by atoms with van der Waals surface area (Å²) >= 11 is 1.35. The van der Waals surface area contributed by atoms with Crippen LogP contribution in [0.1, 0.15) is 30.3 Å². The van der Waals surface area contributed by atoms with Crippen LogP contribution in [0.25, 0.3) is 0 Å². The molecule has 0 bridgehead atoms. The maximum Gasteiger partial charge on any atom is 0.189 e. The van der Waals surface area contributed by atoms with Gasteiger partial charge in [-0.15, -0.1) is 11.3 Å². The van der Waals surface area contributed by atoms with Crippen LogP contribution < -0.4 is 0 Å². The van der Waals surface area contributed by atoms with Crippen LogP contribution in [0.3, 0.4) is 0 Å². The fourth-order valence-electron chi connectivity index (χ4n) is 1.04. The highest BCUT2D eigenvalue weighted by Crippen LogP contribution is 2.05. The average molecular weight is 227 g/mol. The molecule has 0 saturated heterocycles. The van der Waals surface area contributed by atoms with Gasteiger partial charge in [-0.3, -0.25) is 9.59 Å². The predicted octanol–water partition coefficient (Wildman–Crippen LogP) is 1.71. The Hall–Kier alpha value is -1.07. The highest BCUT2D eigenvalue weighted by Gasteiger charge is 2.12. The lowest BCUT2D eigenvalue weighted by Crippen LogP contribution is -2.10. The van der Waals surface area contributed by atoms with Crippen LogP contribution in [0.5, 0.6) is 0 Å². The molecule has 5 heteroatoms. The van der Waals surface area contributed by atoms with E-state index in [1.54, 1.807) is 10.9 Å². The van der Waals surface area contributed by atoms with Gasteiger partial charge in [0.15, 0.2) is 5.78 Å². The van der Waals surface area contributed by atoms with Gasteiger partial charge in [-0.25, -0.2) is 4.98 Å². The number of ether oxygens (including phenoxy) is 1. The van der Waals surface area contributed by atoms with Crippen molar-refractivity contribution in [1.29, 1.82) is 0 Å². The van der Waals surface area contributed by atoms with Gasteiger partial charge in [0.2, 0.25) is 0 Å². The Balaban J connectivity index is 2.29. The predicted molar refractivity (Wildman–Crippen MR) is 57.2 cm³/mol. The number of nitrogens with zero attached hydrogens (tertiary/aromatic N) is 1. The van der Waals surface area contributed by atoms with Gasteiger partial charge in [-0.2, -0.15) is 0 Å². The molecule has 15 heavy (non-hydrogen) atoms. The number of ketones is 2. The summed E-state index contributed by atoms with van der Waals surface area (Å²) in [5.74, 6) is -0.306. The van der Waals surface area contributed by atoms with Gasteiger partial charge in [0.1, 0.15) is 11.5 Å². The summed E-state index contributed by atoms with van der Waals surface area (Å²) in [6.07, 6.45) is 0.223. The number of carbonyl (C=O) groups is 2. The minimum atomic E-state index is -0.210. The number of aromatic nitrogens is 1. The third kappa shape index (κ3) is 4.31. The van der Waals surface area contributed by atoms with E-state index in [4.69, 9.17) is 4.74 Å². The second-order valence-corrected chi connectivity index (χ2v) is 3.68. The van der Waals surface area contributed by atoms with E-state index in [2.05, 4.69) is 4.98 Å². The topological polar surface area (TPSA) is 56.3 Å². The molecule has 0 atom stereocenters. The lowest BCUT2D eigenvalue weighted by Gasteiger charge is -1.99. The summed E-state index contributed by atoms with van der Waals surface area (Å²) in [5, 5.41) is 1.65. The molecule has 0 aliphatic carbocycles. The van der Waals surface area contributed by atoms with Gasteiger partial charge in [0, 0.05) is 18.4 Å². The molecule has 1 heterocycles. The van der Waals surface area contributed by atoms with Crippen LogP contribution in [0.15, 0.2) is 10.9 Å². The van der Waals surface area contributed by atoms with Crippen LogP contribution in [-0.4, -0.2) is 29.8 Å². The molecule has 0 aromatic carbocycles. The first-order valence-electron chi connectivity index (χ1n) is 4.75. The van der Waals surface area contributed by atoms with Gasteiger partial charge < -0.3 is 4.74 Å². The largest absolute Gasteiger partial charge is 0.381 e. The first-order valence-corrected chi connectivity index (χ1v) is 5.69. The Morgan fingerprint density at radius 2 is 2.33 bits per heavy atom. The van der Waals surface area contributed by atoms with Crippen molar-refractivity contribution in [3.8, 4) is 0 Å². The third-order valence-electron chi connectivity index (χ3n) is 1.81. The summed E-state index contributed by atoms with van der Waals surface area (Å²) in [5.41, 5.74) is 1.96. The van der Waals surface area contributed by atoms with Crippen LogP contribution in [-0.2, 0) is 9.53 Å². The van der Waals surface area contributed by atoms with Crippen LogP contribution in [0.4, 0.5) is 0 Å². The van der Waals surface area contributed by atoms with Crippen molar-refractivity contribution in [3.63, 3.8) is 0 Å². The average Bonchev–Trinajstić information content (AvgIpc) is 2.70. The van der Waals surface area contributed by atoms with Crippen molar-refractivity contribution in [2.45, 2.75) is 19.8 Å². The quantitative estimate of drug-likeness (QED) is 0.404. The molecule has 0 spiro atoms. The molecule has 0 aliphatic rings. The van der Waals surface area contributed by atoms with Crippen molar-refractivity contribution in [1.82, 2.24) is 4.98 Å². The van der Waals surface area contributed by atoms with E-state index < -0.39 is 0 Å². The molecule has 0 unspecified atom stereocenters. The highest BCUT2D eigenvalue weighted by atomic mass is 32.1. The number of rotatable bonds is 7. The summed E-state index contributed by atoms with van der Waals surface area (Å²) in [6, 6.07) is 0. The van der Waals surface area contributed by atoms with E-state index in [0.29, 0.717) is 25.3 Å². The molecule has 4 nitrogen and oxygen atoms in total. The van der Waals surface area contributed by atoms with Crippen molar-refractivity contribution in [3.05, 3.63) is 16.6 Å². The van der Waals surface area contributed by atoms with Crippen molar-refractivity contribution >= 4 is 22.9 Å². The summed E-state index contributed by atoms with van der Waals surface area (Å²) < 4.78 is 5.03. The number of Topliss-reactive ketones (excluding diaryl/α,β-unsaturated/α-hetero) is 2. The Labute approximate surface area is 92.3 Å². The van der Waals surface area contributed by atoms with Gasteiger partial charge in [0.05, 0.1) is 18.5 Å². The molecule has 0 radical (unpaired) electrons. The Morgan fingerprint density at radius 1 is 1.53 bits per heavy atom. The lowest BCUT2D eigenvalue weighted by atomic mass is 10.1. The molecular formula is C10H13NO3S. The molecular weight excluding hydrogens is 214 g/mol. The number of thiazole rings is 1. The Kier molecular flexibility index (Phi) is 5.14. The summed E-state index contributed by atoms with van der Waals surface area (Å²) in [7, 11) is 0. The minimum Gasteiger partial charge on any atom is -0.381 e. The van der Waals surface area contributed by atoms with E-state index in [9.17, 15) is 9.59 Å². The fourth-order valence-corrected chi connectivity index (χ4v) is 1.60. The molecule has 1 rings (SSSR count). The van der Waals surface area contributed by atoms with Gasteiger partial charge in [-0.05, 0) is 6.92 Å². The highest BCUT2D eigenvalue weighted by molar-refractivity contribution is 7.07. The zero-order valence-corrected chi connectivity index (χ0v) is 9.38. The first-order chi connectivity index (χ1) is 7.24. The molecule has 0 saturated carbocycles. The second kappa shape index (κ2) is 6.42.